The largest absolute Gasteiger partial charge is 0.391 e. The van der Waals surface area contributed by atoms with Crippen molar-refractivity contribution in [1.29, 1.82) is 0 Å². The monoisotopic (exact) mass is 534 g/mol. The lowest BCUT2D eigenvalue weighted by molar-refractivity contribution is -0.183. The van der Waals surface area contributed by atoms with Crippen molar-refractivity contribution in [3.63, 3.8) is 0 Å². The first kappa shape index (κ1) is 27.2. The second kappa shape index (κ2) is 10.9. The molecule has 0 aliphatic heterocycles. The Morgan fingerprint density at radius 3 is 2.27 bits per heavy atom. The summed E-state index contributed by atoms with van der Waals surface area (Å²) in [4.78, 5) is 13.1. The van der Waals surface area contributed by atoms with E-state index in [1.54, 1.807) is 37.3 Å². The lowest BCUT2D eigenvalue weighted by Gasteiger charge is -2.30. The number of aryl methyl sites for hydroxylation is 1. The van der Waals surface area contributed by atoms with Crippen LogP contribution in [0.4, 0.5) is 13.2 Å². The van der Waals surface area contributed by atoms with Crippen molar-refractivity contribution in [2.75, 3.05) is 5.75 Å². The minimum absolute atomic E-state index is 0.0339. The van der Waals surface area contributed by atoms with Crippen LogP contribution in [0.15, 0.2) is 53.4 Å². The highest BCUT2D eigenvalue weighted by Gasteiger charge is 2.41. The van der Waals surface area contributed by atoms with E-state index < -0.39 is 21.9 Å². The molecule has 0 unspecified atom stereocenters. The fourth-order valence-corrected chi connectivity index (χ4v) is 6.15. The summed E-state index contributed by atoms with van der Waals surface area (Å²) in [7, 11) is -3.27. The molecule has 1 aliphatic carbocycles. The summed E-state index contributed by atoms with van der Waals surface area (Å²) < 4.78 is 65.2. The first-order chi connectivity index (χ1) is 17.5. The predicted octanol–water partition coefficient (Wildman–Crippen LogP) is 6.30. The highest BCUT2D eigenvalue weighted by molar-refractivity contribution is 7.91. The summed E-state index contributed by atoms with van der Waals surface area (Å²) in [6.07, 6.45) is -1.81. The van der Waals surface area contributed by atoms with Crippen molar-refractivity contribution in [2.45, 2.75) is 70.1 Å². The summed E-state index contributed by atoms with van der Waals surface area (Å²) in [5.41, 5.74) is 3.41. The van der Waals surface area contributed by atoms with E-state index in [4.69, 9.17) is 0 Å². The van der Waals surface area contributed by atoms with Crippen molar-refractivity contribution in [1.82, 2.24) is 9.88 Å². The molecule has 9 heteroatoms. The van der Waals surface area contributed by atoms with Crippen LogP contribution in [0.2, 0.25) is 0 Å². The first-order valence-corrected chi connectivity index (χ1v) is 14.5. The van der Waals surface area contributed by atoms with E-state index in [9.17, 15) is 26.4 Å². The van der Waals surface area contributed by atoms with Crippen LogP contribution in [0.25, 0.3) is 10.9 Å². The number of carbonyl (C=O) groups excluding carboxylic acids is 1. The van der Waals surface area contributed by atoms with Crippen LogP contribution >= 0.6 is 0 Å². The molecule has 0 spiro atoms. The van der Waals surface area contributed by atoms with Gasteiger partial charge in [-0.1, -0.05) is 19.1 Å². The Balaban J connectivity index is 1.42. The summed E-state index contributed by atoms with van der Waals surface area (Å²) in [5, 5.41) is 3.82. The molecule has 1 heterocycles. The minimum Gasteiger partial charge on any atom is -0.348 e. The number of benzene rings is 2. The third kappa shape index (κ3) is 6.20. The number of amides is 1. The Hall–Kier alpha value is -2.81. The molecule has 1 N–H and O–H groups in total. The normalized spacial score (nSPS) is 18.7. The molecule has 1 aliphatic rings. The molecule has 0 saturated heterocycles. The highest BCUT2D eigenvalue weighted by Crippen LogP contribution is 2.40. The van der Waals surface area contributed by atoms with Crippen LogP contribution in [-0.2, 0) is 29.3 Å². The van der Waals surface area contributed by atoms with Gasteiger partial charge in [-0.3, -0.25) is 4.79 Å². The van der Waals surface area contributed by atoms with Crippen LogP contribution in [0.3, 0.4) is 0 Å². The third-order valence-electron chi connectivity index (χ3n) is 7.49. The van der Waals surface area contributed by atoms with E-state index in [-0.39, 0.29) is 41.9 Å². The third-order valence-corrected chi connectivity index (χ3v) is 9.24. The van der Waals surface area contributed by atoms with E-state index >= 15 is 0 Å². The van der Waals surface area contributed by atoms with Gasteiger partial charge in [0.25, 0.3) is 5.91 Å². The van der Waals surface area contributed by atoms with Crippen LogP contribution in [-0.4, -0.2) is 30.8 Å². The van der Waals surface area contributed by atoms with Gasteiger partial charge in [0.15, 0.2) is 9.84 Å². The SMILES string of the molecule is CCn1c(CC2CCC(C(F)(F)F)CC2)cc2cc(C(=O)NCc3ccc(S(=O)(=O)CC)cc3)ccc21. The summed E-state index contributed by atoms with van der Waals surface area (Å²) in [6, 6.07) is 14.1. The molecule has 1 amide bonds. The number of halogens is 3. The van der Waals surface area contributed by atoms with Gasteiger partial charge in [0, 0.05) is 35.2 Å². The fraction of sp³-hybridized carbons (Fsp3) is 0.464. The Kier molecular flexibility index (Phi) is 8.02. The average Bonchev–Trinajstić information content (AvgIpc) is 3.23. The highest BCUT2D eigenvalue weighted by atomic mass is 32.2. The zero-order valence-corrected chi connectivity index (χ0v) is 22.0. The molecule has 5 nitrogen and oxygen atoms in total. The molecule has 200 valence electrons. The summed E-state index contributed by atoms with van der Waals surface area (Å²) in [5.74, 6) is -1.14. The first-order valence-electron chi connectivity index (χ1n) is 12.8. The van der Waals surface area contributed by atoms with Crippen molar-refractivity contribution in [3.05, 3.63) is 65.4 Å². The standard InChI is InChI=1S/C28H33F3N2O3S/c1-3-33-24(15-19-5-10-23(11-6-19)28(29,30)31)17-22-16-21(9-14-26(22)33)27(34)32-18-20-7-12-25(13-8-20)37(35,36)4-2/h7-9,12-14,16-17,19,23H,3-6,10-11,15,18H2,1-2H3,(H,32,34). The quantitative estimate of drug-likeness (QED) is 0.369. The maximum atomic E-state index is 13.0. The van der Waals surface area contributed by atoms with Gasteiger partial charge in [0.05, 0.1) is 16.6 Å². The number of alkyl halides is 3. The van der Waals surface area contributed by atoms with Crippen LogP contribution in [0.5, 0.6) is 0 Å². The number of rotatable bonds is 8. The number of fused-ring (bicyclic) bond motifs is 1. The fourth-order valence-electron chi connectivity index (χ4n) is 5.27. The molecular formula is C28H33F3N2O3S. The smallest absolute Gasteiger partial charge is 0.348 e. The molecule has 37 heavy (non-hydrogen) atoms. The van der Waals surface area contributed by atoms with Gasteiger partial charge in [0.2, 0.25) is 0 Å². The second-order valence-corrected chi connectivity index (χ2v) is 12.1. The number of carbonyl (C=O) groups is 1. The van der Waals surface area contributed by atoms with Gasteiger partial charge in [-0.05, 0) is 86.9 Å². The molecule has 2 aromatic carbocycles. The molecule has 0 bridgehead atoms. The lowest BCUT2D eigenvalue weighted by Crippen LogP contribution is -2.28. The van der Waals surface area contributed by atoms with Crippen LogP contribution in [0.1, 0.15) is 61.1 Å². The van der Waals surface area contributed by atoms with Gasteiger partial charge in [-0.25, -0.2) is 8.42 Å². The Bertz CT molecular complexity index is 1350. The van der Waals surface area contributed by atoms with E-state index in [2.05, 4.69) is 16.0 Å². The zero-order valence-electron chi connectivity index (χ0n) is 21.1. The van der Waals surface area contributed by atoms with Crippen molar-refractivity contribution in [3.8, 4) is 0 Å². The Labute approximate surface area is 216 Å². The van der Waals surface area contributed by atoms with Crippen molar-refractivity contribution in [2.24, 2.45) is 11.8 Å². The minimum atomic E-state index is -4.10. The summed E-state index contributed by atoms with van der Waals surface area (Å²) in [6.45, 7) is 4.65. The zero-order chi connectivity index (χ0) is 26.8. The molecule has 4 rings (SSSR count). The van der Waals surface area contributed by atoms with Gasteiger partial charge in [-0.2, -0.15) is 13.2 Å². The average molecular weight is 535 g/mol. The van der Waals surface area contributed by atoms with E-state index in [0.717, 1.165) is 35.1 Å². The number of aromatic nitrogens is 1. The number of nitrogens with one attached hydrogen (secondary N) is 1. The van der Waals surface area contributed by atoms with Gasteiger partial charge < -0.3 is 9.88 Å². The van der Waals surface area contributed by atoms with E-state index in [1.165, 1.54) is 0 Å². The molecule has 0 radical (unpaired) electrons. The molecule has 3 aromatic rings. The van der Waals surface area contributed by atoms with E-state index in [1.807, 2.05) is 19.1 Å². The Morgan fingerprint density at radius 1 is 1.00 bits per heavy atom. The van der Waals surface area contributed by atoms with Gasteiger partial charge >= 0.3 is 6.18 Å². The van der Waals surface area contributed by atoms with Gasteiger partial charge in [0.1, 0.15) is 0 Å². The predicted molar refractivity (Wildman–Crippen MR) is 138 cm³/mol. The molecule has 1 aromatic heterocycles. The number of nitrogens with zero attached hydrogens (tertiary/aromatic N) is 1. The lowest BCUT2D eigenvalue weighted by atomic mass is 9.79. The van der Waals surface area contributed by atoms with Crippen molar-refractivity contribution >= 4 is 26.6 Å². The molecular weight excluding hydrogens is 501 g/mol. The van der Waals surface area contributed by atoms with Crippen LogP contribution in [0, 0.1) is 11.8 Å². The topological polar surface area (TPSA) is 68.2 Å². The maximum Gasteiger partial charge on any atom is 0.391 e. The number of hydrogen-bond donors (Lipinski definition) is 1. The number of hydrogen-bond acceptors (Lipinski definition) is 3. The second-order valence-electron chi connectivity index (χ2n) is 9.85. The van der Waals surface area contributed by atoms with Gasteiger partial charge in [-0.15, -0.1) is 0 Å². The molecule has 0 atom stereocenters. The molecule has 1 saturated carbocycles. The number of sulfone groups is 1. The molecule has 1 fully saturated rings. The Morgan fingerprint density at radius 2 is 1.68 bits per heavy atom. The van der Waals surface area contributed by atoms with Crippen LogP contribution < -0.4 is 5.32 Å². The summed E-state index contributed by atoms with van der Waals surface area (Å²) >= 11 is 0. The van der Waals surface area contributed by atoms with E-state index in [0.29, 0.717) is 18.4 Å². The maximum absolute atomic E-state index is 13.0. The van der Waals surface area contributed by atoms with Crippen molar-refractivity contribution < 1.29 is 26.4 Å².